The van der Waals surface area contributed by atoms with E-state index in [2.05, 4.69) is 5.32 Å². The Kier molecular flexibility index (Phi) is 8.16. The molecule has 0 radical (unpaired) electrons. The van der Waals surface area contributed by atoms with Gasteiger partial charge in [0.05, 0.1) is 11.6 Å². The number of hydrogen-bond acceptors (Lipinski definition) is 4. The van der Waals surface area contributed by atoms with E-state index in [1.807, 2.05) is 0 Å². The van der Waals surface area contributed by atoms with Crippen LogP contribution in [0.25, 0.3) is 0 Å². The summed E-state index contributed by atoms with van der Waals surface area (Å²) in [6.07, 6.45) is -0.625. The molecule has 8 heteroatoms. The van der Waals surface area contributed by atoms with Crippen LogP contribution in [0.2, 0.25) is 10.0 Å². The number of halogens is 3. The van der Waals surface area contributed by atoms with Gasteiger partial charge < -0.3 is 14.2 Å². The highest BCUT2D eigenvalue weighted by Crippen LogP contribution is 2.32. The van der Waals surface area contributed by atoms with Crippen molar-refractivity contribution in [2.24, 2.45) is 0 Å². The smallest absolute Gasteiger partial charge is 0.409 e. The first-order valence-corrected chi connectivity index (χ1v) is 9.16. The largest absolute Gasteiger partial charge is 0.469 e. The van der Waals surface area contributed by atoms with Crippen molar-refractivity contribution in [3.63, 3.8) is 0 Å². The first-order chi connectivity index (χ1) is 12.5. The standard InChI is InChI=1S/C18H18Cl3NO4/c1-12(22-18(23)24-9-3-8-19)25-17-7-6-15(11-16(17)21)26-14-5-2-4-13(20)10-14/h2,4-7,10-12H,3,8-9H2,1H3,(H,22,23). The van der Waals surface area contributed by atoms with Crippen LogP contribution < -0.4 is 14.8 Å². The number of benzene rings is 2. The van der Waals surface area contributed by atoms with E-state index in [0.717, 1.165) is 0 Å². The fourth-order valence-corrected chi connectivity index (χ4v) is 2.46. The molecule has 2 aromatic carbocycles. The summed E-state index contributed by atoms with van der Waals surface area (Å²) in [4.78, 5) is 11.6. The average Bonchev–Trinajstić information content (AvgIpc) is 2.57. The molecule has 0 aliphatic heterocycles. The molecule has 5 nitrogen and oxygen atoms in total. The lowest BCUT2D eigenvalue weighted by Crippen LogP contribution is -2.37. The summed E-state index contributed by atoms with van der Waals surface area (Å²) in [6.45, 7) is 1.91. The van der Waals surface area contributed by atoms with Crippen LogP contribution in [-0.2, 0) is 4.74 Å². The van der Waals surface area contributed by atoms with Gasteiger partial charge in [0.15, 0.2) is 6.23 Å². The zero-order valence-electron chi connectivity index (χ0n) is 14.0. The molecule has 1 unspecified atom stereocenters. The molecule has 0 aliphatic carbocycles. The van der Waals surface area contributed by atoms with Gasteiger partial charge in [-0.25, -0.2) is 4.79 Å². The fraction of sp³-hybridized carbons (Fsp3) is 0.278. The van der Waals surface area contributed by atoms with Gasteiger partial charge in [0.2, 0.25) is 0 Å². The van der Waals surface area contributed by atoms with Crippen molar-refractivity contribution < 1.29 is 19.0 Å². The van der Waals surface area contributed by atoms with E-state index in [-0.39, 0.29) is 6.61 Å². The van der Waals surface area contributed by atoms with E-state index in [0.29, 0.717) is 39.6 Å². The number of carbonyl (C=O) groups excluding carboxylic acids is 1. The SMILES string of the molecule is CC(NC(=O)OCCCCl)Oc1ccc(Oc2cccc(Cl)c2)cc1Cl. The molecule has 0 saturated heterocycles. The van der Waals surface area contributed by atoms with E-state index in [4.69, 9.17) is 49.0 Å². The van der Waals surface area contributed by atoms with Crippen LogP contribution in [0.1, 0.15) is 13.3 Å². The van der Waals surface area contributed by atoms with Crippen LogP contribution in [0.15, 0.2) is 42.5 Å². The molecule has 0 heterocycles. The molecule has 1 atom stereocenters. The second-order valence-corrected chi connectivity index (χ2v) is 6.46. The normalized spacial score (nSPS) is 11.5. The third-order valence-electron chi connectivity index (χ3n) is 3.07. The fourth-order valence-electron chi connectivity index (χ4n) is 1.95. The van der Waals surface area contributed by atoms with Gasteiger partial charge in [-0.3, -0.25) is 5.32 Å². The molecule has 0 bridgehead atoms. The van der Waals surface area contributed by atoms with Crippen LogP contribution >= 0.6 is 34.8 Å². The summed E-state index contributed by atoms with van der Waals surface area (Å²) in [6, 6.07) is 12.0. The van der Waals surface area contributed by atoms with Crippen LogP contribution in [0.3, 0.4) is 0 Å². The van der Waals surface area contributed by atoms with Gasteiger partial charge in [-0.1, -0.05) is 29.3 Å². The van der Waals surface area contributed by atoms with Crippen molar-refractivity contribution in [3.8, 4) is 17.2 Å². The topological polar surface area (TPSA) is 56.8 Å². The molecule has 0 spiro atoms. The number of carbonyl (C=O) groups is 1. The predicted octanol–water partition coefficient (Wildman–Crippen LogP) is 5.87. The van der Waals surface area contributed by atoms with Crippen molar-refractivity contribution in [3.05, 3.63) is 52.5 Å². The summed E-state index contributed by atoms with van der Waals surface area (Å²) in [5.41, 5.74) is 0. The Bertz CT molecular complexity index is 742. The molecule has 0 aliphatic rings. The number of hydrogen-bond donors (Lipinski definition) is 1. The molecule has 2 rings (SSSR count). The number of amides is 1. The number of alkyl carbamates (subject to hydrolysis) is 1. The van der Waals surface area contributed by atoms with E-state index < -0.39 is 12.3 Å². The highest BCUT2D eigenvalue weighted by molar-refractivity contribution is 6.32. The minimum absolute atomic E-state index is 0.248. The molecule has 1 amide bonds. The Balaban J connectivity index is 1.91. The zero-order chi connectivity index (χ0) is 18.9. The number of alkyl halides is 1. The molecule has 26 heavy (non-hydrogen) atoms. The predicted molar refractivity (Wildman–Crippen MR) is 103 cm³/mol. The number of nitrogens with one attached hydrogen (secondary N) is 1. The van der Waals surface area contributed by atoms with Crippen molar-refractivity contribution in [1.29, 1.82) is 0 Å². The summed E-state index contributed by atoms with van der Waals surface area (Å²) < 4.78 is 16.2. The Labute approximate surface area is 167 Å². The number of ether oxygens (including phenoxy) is 3. The van der Waals surface area contributed by atoms with E-state index in [9.17, 15) is 4.79 Å². The van der Waals surface area contributed by atoms with Crippen LogP contribution in [0.5, 0.6) is 17.2 Å². The molecule has 1 N–H and O–H groups in total. The van der Waals surface area contributed by atoms with E-state index in [1.165, 1.54) is 0 Å². The first kappa shape index (κ1) is 20.5. The zero-order valence-corrected chi connectivity index (χ0v) is 16.3. The Hall–Kier alpha value is -1.82. The first-order valence-electron chi connectivity index (χ1n) is 7.87. The lowest BCUT2D eigenvalue weighted by molar-refractivity contribution is 0.116. The lowest BCUT2D eigenvalue weighted by atomic mass is 10.3. The Morgan fingerprint density at radius 3 is 2.62 bits per heavy atom. The molecular formula is C18H18Cl3NO4. The minimum atomic E-state index is -0.629. The second-order valence-electron chi connectivity index (χ2n) is 5.23. The van der Waals surface area contributed by atoms with E-state index >= 15 is 0 Å². The van der Waals surface area contributed by atoms with Gasteiger partial charge >= 0.3 is 6.09 Å². The van der Waals surface area contributed by atoms with Crippen molar-refractivity contribution >= 4 is 40.9 Å². The Morgan fingerprint density at radius 1 is 1.15 bits per heavy atom. The molecule has 0 fully saturated rings. The highest BCUT2D eigenvalue weighted by atomic mass is 35.5. The second kappa shape index (κ2) is 10.4. The molecule has 0 aromatic heterocycles. The molecule has 0 saturated carbocycles. The van der Waals surface area contributed by atoms with Gasteiger partial charge in [0.1, 0.15) is 17.2 Å². The Morgan fingerprint density at radius 2 is 1.92 bits per heavy atom. The quantitative estimate of drug-likeness (QED) is 0.331. The van der Waals surface area contributed by atoms with Gasteiger partial charge in [0.25, 0.3) is 0 Å². The molecule has 140 valence electrons. The van der Waals surface area contributed by atoms with Crippen LogP contribution in [0.4, 0.5) is 4.79 Å². The van der Waals surface area contributed by atoms with Crippen molar-refractivity contribution in [1.82, 2.24) is 5.32 Å². The highest BCUT2D eigenvalue weighted by Gasteiger charge is 2.12. The van der Waals surface area contributed by atoms with Gasteiger partial charge in [-0.05, 0) is 43.7 Å². The monoisotopic (exact) mass is 417 g/mol. The van der Waals surface area contributed by atoms with Crippen molar-refractivity contribution in [2.45, 2.75) is 19.6 Å². The number of rotatable bonds is 8. The van der Waals surface area contributed by atoms with Crippen molar-refractivity contribution in [2.75, 3.05) is 12.5 Å². The maximum Gasteiger partial charge on any atom is 0.409 e. The molecule has 2 aromatic rings. The third kappa shape index (κ3) is 6.83. The summed E-state index contributed by atoms with van der Waals surface area (Å²) in [7, 11) is 0. The maximum absolute atomic E-state index is 11.6. The average molecular weight is 419 g/mol. The summed E-state index contributed by atoms with van der Waals surface area (Å²) in [5.74, 6) is 1.96. The van der Waals surface area contributed by atoms with E-state index in [1.54, 1.807) is 49.4 Å². The minimum Gasteiger partial charge on any atom is -0.469 e. The molecular weight excluding hydrogens is 401 g/mol. The van der Waals surface area contributed by atoms with Gasteiger partial charge in [0, 0.05) is 17.0 Å². The van der Waals surface area contributed by atoms with Gasteiger partial charge in [-0.15, -0.1) is 11.6 Å². The summed E-state index contributed by atoms with van der Waals surface area (Å²) >= 11 is 17.7. The maximum atomic E-state index is 11.6. The lowest BCUT2D eigenvalue weighted by Gasteiger charge is -2.17. The van der Waals surface area contributed by atoms with Crippen LogP contribution in [-0.4, -0.2) is 24.8 Å². The third-order valence-corrected chi connectivity index (χ3v) is 3.87. The van der Waals surface area contributed by atoms with Crippen LogP contribution in [0, 0.1) is 0 Å². The summed E-state index contributed by atoms with van der Waals surface area (Å²) in [5, 5.41) is 3.46. The van der Waals surface area contributed by atoms with Gasteiger partial charge in [-0.2, -0.15) is 0 Å².